The minimum absolute atomic E-state index is 0.165. The number of aromatic nitrogens is 2. The Labute approximate surface area is 112 Å². The predicted octanol–water partition coefficient (Wildman–Crippen LogP) is 2.72. The van der Waals surface area contributed by atoms with Gasteiger partial charge in [0.15, 0.2) is 0 Å². The Morgan fingerprint density at radius 2 is 2.00 bits per heavy atom. The molecule has 1 aromatic carbocycles. The van der Waals surface area contributed by atoms with Gasteiger partial charge in [0.25, 0.3) is 0 Å². The fourth-order valence-corrected chi connectivity index (χ4v) is 2.07. The van der Waals surface area contributed by atoms with Gasteiger partial charge in [0.2, 0.25) is 11.8 Å². The number of aliphatic hydroxyl groups is 1. The first-order valence-electron chi connectivity index (χ1n) is 5.06. The summed E-state index contributed by atoms with van der Waals surface area (Å²) in [5.74, 6) is 2.42. The van der Waals surface area contributed by atoms with Crippen molar-refractivity contribution in [2.45, 2.75) is 5.75 Å². The number of nitrogens with zero attached hydrogens (tertiary/aromatic N) is 2. The minimum atomic E-state index is 0.165. The Morgan fingerprint density at radius 3 is 2.71 bits per heavy atom. The number of hydrogen-bond donors (Lipinski definition) is 1. The van der Waals surface area contributed by atoms with E-state index in [9.17, 15) is 0 Å². The third-order valence-electron chi connectivity index (χ3n) is 2.02. The summed E-state index contributed by atoms with van der Waals surface area (Å²) < 4.78 is 6.53. The molecule has 90 valence electrons. The molecule has 0 unspecified atom stereocenters. The van der Waals surface area contributed by atoms with Crippen molar-refractivity contribution in [3.05, 3.63) is 34.6 Å². The van der Waals surface area contributed by atoms with E-state index >= 15 is 0 Å². The van der Waals surface area contributed by atoms with Crippen LogP contribution in [0.1, 0.15) is 5.89 Å². The van der Waals surface area contributed by atoms with Crippen molar-refractivity contribution in [3.8, 4) is 11.5 Å². The van der Waals surface area contributed by atoms with Crippen LogP contribution >= 0.6 is 27.7 Å². The molecule has 0 spiro atoms. The van der Waals surface area contributed by atoms with E-state index < -0.39 is 0 Å². The highest BCUT2D eigenvalue weighted by atomic mass is 79.9. The molecule has 0 amide bonds. The van der Waals surface area contributed by atoms with Crippen molar-refractivity contribution in [3.63, 3.8) is 0 Å². The van der Waals surface area contributed by atoms with Crippen LogP contribution < -0.4 is 0 Å². The largest absolute Gasteiger partial charge is 0.420 e. The number of rotatable bonds is 5. The topological polar surface area (TPSA) is 59.2 Å². The third-order valence-corrected chi connectivity index (χ3v) is 3.47. The van der Waals surface area contributed by atoms with Crippen molar-refractivity contribution in [2.24, 2.45) is 0 Å². The van der Waals surface area contributed by atoms with Crippen LogP contribution in [-0.2, 0) is 5.75 Å². The number of halogens is 1. The van der Waals surface area contributed by atoms with Crippen LogP contribution in [0.3, 0.4) is 0 Å². The highest BCUT2D eigenvalue weighted by molar-refractivity contribution is 9.10. The highest BCUT2D eigenvalue weighted by Gasteiger charge is 2.07. The lowest BCUT2D eigenvalue weighted by Gasteiger charge is -1.95. The van der Waals surface area contributed by atoms with E-state index in [0.29, 0.717) is 23.3 Å². The fraction of sp³-hybridized carbons (Fsp3) is 0.273. The maximum Gasteiger partial charge on any atom is 0.247 e. The SMILES string of the molecule is OCCSCc1nnc(-c2ccc(Br)cc2)o1. The second-order valence-corrected chi connectivity index (χ2v) is 5.30. The molecule has 17 heavy (non-hydrogen) atoms. The van der Waals surface area contributed by atoms with Gasteiger partial charge in [0.05, 0.1) is 12.4 Å². The van der Waals surface area contributed by atoms with E-state index in [0.717, 1.165) is 10.0 Å². The van der Waals surface area contributed by atoms with Crippen LogP contribution in [0, 0.1) is 0 Å². The van der Waals surface area contributed by atoms with Crippen molar-refractivity contribution in [1.29, 1.82) is 0 Å². The standard InChI is InChI=1S/C11H11BrN2O2S/c12-9-3-1-8(2-4-9)11-14-13-10(16-11)7-17-6-5-15/h1-4,15H,5-7H2. The molecule has 1 heterocycles. The molecule has 0 atom stereocenters. The van der Waals surface area contributed by atoms with E-state index in [1.54, 1.807) is 11.8 Å². The van der Waals surface area contributed by atoms with Gasteiger partial charge in [0, 0.05) is 15.8 Å². The first-order chi connectivity index (χ1) is 8.29. The van der Waals surface area contributed by atoms with Crippen LogP contribution in [0.4, 0.5) is 0 Å². The molecule has 1 aromatic heterocycles. The monoisotopic (exact) mass is 314 g/mol. The number of hydrogen-bond acceptors (Lipinski definition) is 5. The van der Waals surface area contributed by atoms with Crippen LogP contribution in [-0.4, -0.2) is 27.7 Å². The van der Waals surface area contributed by atoms with Gasteiger partial charge in [-0.25, -0.2) is 0 Å². The summed E-state index contributed by atoms with van der Waals surface area (Å²) in [5, 5.41) is 16.6. The lowest BCUT2D eigenvalue weighted by atomic mass is 10.2. The number of benzene rings is 1. The van der Waals surface area contributed by atoms with Gasteiger partial charge in [-0.3, -0.25) is 0 Å². The van der Waals surface area contributed by atoms with Gasteiger partial charge in [0.1, 0.15) is 0 Å². The average molecular weight is 315 g/mol. The molecule has 6 heteroatoms. The summed E-state index contributed by atoms with van der Waals surface area (Å²) in [4.78, 5) is 0. The van der Waals surface area contributed by atoms with Gasteiger partial charge in [-0.15, -0.1) is 22.0 Å². The van der Waals surface area contributed by atoms with Crippen molar-refractivity contribution in [2.75, 3.05) is 12.4 Å². The zero-order valence-corrected chi connectivity index (χ0v) is 11.4. The Balaban J connectivity index is 2.04. The summed E-state index contributed by atoms with van der Waals surface area (Å²) in [7, 11) is 0. The molecule has 2 rings (SSSR count). The normalized spacial score (nSPS) is 10.7. The Hall–Kier alpha value is -0.850. The Bertz CT molecular complexity index is 473. The zero-order valence-electron chi connectivity index (χ0n) is 8.97. The van der Waals surface area contributed by atoms with E-state index in [-0.39, 0.29) is 6.61 Å². The minimum Gasteiger partial charge on any atom is -0.420 e. The van der Waals surface area contributed by atoms with Gasteiger partial charge < -0.3 is 9.52 Å². The van der Waals surface area contributed by atoms with Gasteiger partial charge >= 0.3 is 0 Å². The molecule has 2 aromatic rings. The molecule has 1 N–H and O–H groups in total. The molecule has 0 fully saturated rings. The Kier molecular flexibility index (Phi) is 4.58. The summed E-state index contributed by atoms with van der Waals surface area (Å²) >= 11 is 4.94. The first-order valence-corrected chi connectivity index (χ1v) is 7.01. The smallest absolute Gasteiger partial charge is 0.247 e. The van der Waals surface area contributed by atoms with Gasteiger partial charge in [-0.05, 0) is 24.3 Å². The van der Waals surface area contributed by atoms with Crippen molar-refractivity contribution < 1.29 is 9.52 Å². The van der Waals surface area contributed by atoms with Crippen molar-refractivity contribution in [1.82, 2.24) is 10.2 Å². The van der Waals surface area contributed by atoms with Crippen LogP contribution in [0.2, 0.25) is 0 Å². The molecule has 0 aliphatic rings. The van der Waals surface area contributed by atoms with Gasteiger partial charge in [-0.2, -0.15) is 0 Å². The highest BCUT2D eigenvalue weighted by Crippen LogP contribution is 2.21. The van der Waals surface area contributed by atoms with E-state index in [1.165, 1.54) is 0 Å². The molecule has 0 aliphatic carbocycles. The second kappa shape index (κ2) is 6.18. The molecule has 0 radical (unpaired) electrons. The van der Waals surface area contributed by atoms with Crippen LogP contribution in [0.15, 0.2) is 33.2 Å². The number of thioether (sulfide) groups is 1. The summed E-state index contributed by atoms with van der Waals surface area (Å²) in [6.07, 6.45) is 0. The second-order valence-electron chi connectivity index (χ2n) is 3.28. The van der Waals surface area contributed by atoms with E-state index in [4.69, 9.17) is 9.52 Å². The average Bonchev–Trinajstić information content (AvgIpc) is 2.79. The molecular weight excluding hydrogens is 304 g/mol. The third kappa shape index (κ3) is 3.55. The molecule has 0 saturated heterocycles. The molecule has 0 aliphatic heterocycles. The zero-order chi connectivity index (χ0) is 12.1. The first kappa shape index (κ1) is 12.6. The molecular formula is C11H11BrN2O2S. The quantitative estimate of drug-likeness (QED) is 0.860. The fourth-order valence-electron chi connectivity index (χ4n) is 1.25. The predicted molar refractivity (Wildman–Crippen MR) is 70.7 cm³/mol. The summed E-state index contributed by atoms with van der Waals surface area (Å²) in [5.41, 5.74) is 0.902. The molecule has 0 bridgehead atoms. The Morgan fingerprint density at radius 1 is 1.24 bits per heavy atom. The van der Waals surface area contributed by atoms with E-state index in [2.05, 4.69) is 26.1 Å². The molecule has 4 nitrogen and oxygen atoms in total. The lowest BCUT2D eigenvalue weighted by molar-refractivity contribution is 0.322. The van der Waals surface area contributed by atoms with Gasteiger partial charge in [-0.1, -0.05) is 15.9 Å². The lowest BCUT2D eigenvalue weighted by Crippen LogP contribution is -1.87. The maximum absolute atomic E-state index is 8.66. The van der Waals surface area contributed by atoms with Crippen LogP contribution in [0.5, 0.6) is 0 Å². The summed E-state index contributed by atoms with van der Waals surface area (Å²) in [6.45, 7) is 0.165. The molecule has 0 saturated carbocycles. The van der Waals surface area contributed by atoms with E-state index in [1.807, 2.05) is 24.3 Å². The number of aliphatic hydroxyl groups excluding tert-OH is 1. The maximum atomic E-state index is 8.66. The van der Waals surface area contributed by atoms with Crippen LogP contribution in [0.25, 0.3) is 11.5 Å². The van der Waals surface area contributed by atoms with Crippen molar-refractivity contribution >= 4 is 27.7 Å². The summed E-state index contributed by atoms with van der Waals surface area (Å²) in [6, 6.07) is 7.70.